The van der Waals surface area contributed by atoms with Crippen LogP contribution in [0.4, 0.5) is 0 Å². The van der Waals surface area contributed by atoms with Crippen molar-refractivity contribution in [1.29, 1.82) is 0 Å². The van der Waals surface area contributed by atoms with Gasteiger partial charge in [-0.3, -0.25) is 4.79 Å². The van der Waals surface area contributed by atoms with Crippen molar-refractivity contribution < 1.29 is 15.0 Å². The van der Waals surface area contributed by atoms with Crippen molar-refractivity contribution in [2.45, 2.75) is 12.1 Å². The first kappa shape index (κ1) is 12.6. The Morgan fingerprint density at radius 2 is 2.00 bits per heavy atom. The Balaban J connectivity index is 2.53. The quantitative estimate of drug-likeness (QED) is 0.533. The molecule has 16 heavy (non-hydrogen) atoms. The maximum atomic E-state index is 10.5. The van der Waals surface area contributed by atoms with Crippen LogP contribution in [0.1, 0.15) is 11.6 Å². The van der Waals surface area contributed by atoms with Gasteiger partial charge in [0, 0.05) is 6.54 Å². The Morgan fingerprint density at radius 3 is 2.50 bits per heavy atom. The van der Waals surface area contributed by atoms with Crippen molar-refractivity contribution in [3.05, 3.63) is 35.9 Å². The molecule has 0 radical (unpaired) electrons. The molecule has 0 aliphatic rings. The molecule has 2 unspecified atom stereocenters. The number of aliphatic carboxylic acids is 1. The summed E-state index contributed by atoms with van der Waals surface area (Å²) in [6, 6.07) is 8.07. The van der Waals surface area contributed by atoms with Crippen LogP contribution in [0.15, 0.2) is 30.3 Å². The van der Waals surface area contributed by atoms with Gasteiger partial charge in [-0.1, -0.05) is 30.3 Å². The first-order valence-electron chi connectivity index (χ1n) is 5.02. The molecular weight excluding hydrogens is 208 g/mol. The van der Waals surface area contributed by atoms with E-state index >= 15 is 0 Å². The highest BCUT2D eigenvalue weighted by atomic mass is 16.4. The Labute approximate surface area is 93.9 Å². The first-order valence-corrected chi connectivity index (χ1v) is 5.02. The molecule has 1 rings (SSSR count). The van der Waals surface area contributed by atoms with Crippen LogP contribution < -0.4 is 11.1 Å². The molecule has 2 atom stereocenters. The van der Waals surface area contributed by atoms with E-state index in [1.165, 1.54) is 0 Å². The molecule has 5 N–H and O–H groups in total. The molecule has 0 saturated carbocycles. The van der Waals surface area contributed by atoms with Gasteiger partial charge in [-0.2, -0.15) is 0 Å². The molecule has 0 bridgehead atoms. The predicted molar refractivity (Wildman–Crippen MR) is 59.9 cm³/mol. The third-order valence-corrected chi connectivity index (χ3v) is 2.29. The van der Waals surface area contributed by atoms with Gasteiger partial charge in [-0.15, -0.1) is 0 Å². The van der Waals surface area contributed by atoms with Gasteiger partial charge >= 0.3 is 5.97 Å². The van der Waals surface area contributed by atoms with Crippen molar-refractivity contribution in [2.24, 2.45) is 5.73 Å². The number of carbonyl (C=O) groups is 1. The molecular formula is C11H16N2O3. The summed E-state index contributed by atoms with van der Waals surface area (Å²) in [5, 5.41) is 20.7. The van der Waals surface area contributed by atoms with E-state index in [4.69, 9.17) is 10.8 Å². The summed E-state index contributed by atoms with van der Waals surface area (Å²) in [6.07, 6.45) is 0. The molecule has 0 heterocycles. The molecule has 5 nitrogen and oxygen atoms in total. The maximum Gasteiger partial charge on any atom is 0.321 e. The summed E-state index contributed by atoms with van der Waals surface area (Å²) >= 11 is 0. The van der Waals surface area contributed by atoms with Crippen LogP contribution in [-0.4, -0.2) is 35.4 Å². The van der Waals surface area contributed by atoms with E-state index in [1.54, 1.807) is 0 Å². The fraction of sp³-hybridized carbons (Fsp3) is 0.364. The molecule has 5 heteroatoms. The highest BCUT2D eigenvalue weighted by Gasteiger charge is 2.15. The number of carboxylic acids is 1. The fourth-order valence-electron chi connectivity index (χ4n) is 1.33. The van der Waals surface area contributed by atoms with Gasteiger partial charge < -0.3 is 21.3 Å². The van der Waals surface area contributed by atoms with Gasteiger partial charge in [0.15, 0.2) is 0 Å². The van der Waals surface area contributed by atoms with E-state index in [1.807, 2.05) is 30.3 Å². The monoisotopic (exact) mass is 224 g/mol. The number of nitrogens with one attached hydrogen (secondary N) is 1. The van der Waals surface area contributed by atoms with Crippen molar-refractivity contribution >= 4 is 5.97 Å². The lowest BCUT2D eigenvalue weighted by atomic mass is 10.1. The number of aliphatic hydroxyl groups is 1. The zero-order chi connectivity index (χ0) is 12.0. The van der Waals surface area contributed by atoms with Gasteiger partial charge in [0.05, 0.1) is 12.6 Å². The van der Waals surface area contributed by atoms with Gasteiger partial charge in [-0.25, -0.2) is 0 Å². The van der Waals surface area contributed by atoms with E-state index in [0.717, 1.165) is 5.56 Å². The number of aliphatic hydroxyl groups excluding tert-OH is 1. The summed E-state index contributed by atoms with van der Waals surface area (Å²) in [4.78, 5) is 10.5. The number of hydrogen-bond acceptors (Lipinski definition) is 4. The number of hydrogen-bond donors (Lipinski definition) is 4. The number of carboxylic acid groups (broad SMARTS) is 1. The largest absolute Gasteiger partial charge is 0.480 e. The third-order valence-electron chi connectivity index (χ3n) is 2.29. The van der Waals surface area contributed by atoms with E-state index < -0.39 is 12.0 Å². The SMILES string of the molecule is NC(CNC(CO)c1ccccc1)C(=O)O. The molecule has 0 fully saturated rings. The predicted octanol–water partition coefficient (Wildman–Crippen LogP) is -0.279. The second-order valence-electron chi connectivity index (χ2n) is 3.50. The molecule has 0 aliphatic heterocycles. The summed E-state index contributed by atoms with van der Waals surface area (Å²) in [5.74, 6) is -1.06. The summed E-state index contributed by atoms with van der Waals surface area (Å²) in [6.45, 7) is 0.0196. The van der Waals surface area contributed by atoms with Crippen molar-refractivity contribution in [3.63, 3.8) is 0 Å². The van der Waals surface area contributed by atoms with Crippen LogP contribution in [0.5, 0.6) is 0 Å². The lowest BCUT2D eigenvalue weighted by molar-refractivity contribution is -0.138. The van der Waals surface area contributed by atoms with Crippen LogP contribution in [0.25, 0.3) is 0 Å². The molecule has 0 saturated heterocycles. The zero-order valence-electron chi connectivity index (χ0n) is 8.84. The van der Waals surface area contributed by atoms with Crippen LogP contribution in [0.3, 0.4) is 0 Å². The Kier molecular flexibility index (Phi) is 4.91. The minimum Gasteiger partial charge on any atom is -0.480 e. The fourth-order valence-corrected chi connectivity index (χ4v) is 1.33. The standard InChI is InChI=1S/C11H16N2O3/c12-9(11(15)16)6-13-10(7-14)8-4-2-1-3-5-8/h1-5,9-10,13-14H,6-7,12H2,(H,15,16). The zero-order valence-corrected chi connectivity index (χ0v) is 8.84. The van der Waals surface area contributed by atoms with Gasteiger partial charge in [-0.05, 0) is 5.56 Å². The lowest BCUT2D eigenvalue weighted by Crippen LogP contribution is -2.42. The van der Waals surface area contributed by atoms with Crippen LogP contribution in [-0.2, 0) is 4.79 Å². The Bertz CT molecular complexity index is 329. The van der Waals surface area contributed by atoms with Crippen molar-refractivity contribution in [1.82, 2.24) is 5.32 Å². The third kappa shape index (κ3) is 3.62. The number of nitrogens with two attached hydrogens (primary N) is 1. The Morgan fingerprint density at radius 1 is 1.38 bits per heavy atom. The van der Waals surface area contributed by atoms with Crippen molar-refractivity contribution in [3.8, 4) is 0 Å². The molecule has 0 amide bonds. The lowest BCUT2D eigenvalue weighted by Gasteiger charge is -2.18. The minimum atomic E-state index is -1.06. The van der Waals surface area contributed by atoms with Crippen LogP contribution >= 0.6 is 0 Å². The highest BCUT2D eigenvalue weighted by Crippen LogP contribution is 2.10. The molecule has 0 aliphatic carbocycles. The summed E-state index contributed by atoms with van der Waals surface area (Å²) in [7, 11) is 0. The topological polar surface area (TPSA) is 95.6 Å². The normalized spacial score (nSPS) is 14.4. The molecule has 0 aromatic heterocycles. The van der Waals surface area contributed by atoms with E-state index in [-0.39, 0.29) is 19.2 Å². The maximum absolute atomic E-state index is 10.5. The van der Waals surface area contributed by atoms with E-state index in [2.05, 4.69) is 5.32 Å². The Hall–Kier alpha value is -1.43. The summed E-state index contributed by atoms with van der Waals surface area (Å²) < 4.78 is 0. The van der Waals surface area contributed by atoms with E-state index in [0.29, 0.717) is 0 Å². The molecule has 0 spiro atoms. The van der Waals surface area contributed by atoms with Gasteiger partial charge in [0.25, 0.3) is 0 Å². The number of benzene rings is 1. The van der Waals surface area contributed by atoms with Crippen molar-refractivity contribution in [2.75, 3.05) is 13.2 Å². The average Bonchev–Trinajstić information content (AvgIpc) is 2.30. The molecule has 1 aromatic carbocycles. The first-order chi connectivity index (χ1) is 7.65. The molecule has 88 valence electrons. The van der Waals surface area contributed by atoms with E-state index in [9.17, 15) is 9.90 Å². The average molecular weight is 224 g/mol. The van der Waals surface area contributed by atoms with Gasteiger partial charge in [0.1, 0.15) is 6.04 Å². The highest BCUT2D eigenvalue weighted by molar-refractivity contribution is 5.73. The molecule has 1 aromatic rings. The second-order valence-corrected chi connectivity index (χ2v) is 3.50. The number of rotatable bonds is 6. The van der Waals surface area contributed by atoms with Crippen LogP contribution in [0, 0.1) is 0 Å². The smallest absolute Gasteiger partial charge is 0.321 e. The van der Waals surface area contributed by atoms with Crippen LogP contribution in [0.2, 0.25) is 0 Å². The second kappa shape index (κ2) is 6.22. The van der Waals surface area contributed by atoms with Gasteiger partial charge in [0.2, 0.25) is 0 Å². The minimum absolute atomic E-state index is 0.101. The summed E-state index contributed by atoms with van der Waals surface area (Å²) in [5.41, 5.74) is 6.26.